The molecule has 0 radical (unpaired) electrons. The number of carboxylic acids is 1. The van der Waals surface area contributed by atoms with E-state index in [-0.39, 0.29) is 16.9 Å². The van der Waals surface area contributed by atoms with E-state index in [1.54, 1.807) is 0 Å². The first-order valence-corrected chi connectivity index (χ1v) is 8.37. The molecule has 3 aliphatic rings. The van der Waals surface area contributed by atoms with Crippen molar-refractivity contribution in [2.45, 2.75) is 29.8 Å². The van der Waals surface area contributed by atoms with E-state index in [1.165, 1.54) is 0 Å². The number of rotatable bonds is 4. The SMILES string of the molecule is O=C(O)CCc1ccccc1N1CC2CC(C1)S2(=O)=O. The van der Waals surface area contributed by atoms with Crippen LogP contribution in [0, 0.1) is 0 Å². The number of carbonyl (C=O) groups is 1. The summed E-state index contributed by atoms with van der Waals surface area (Å²) in [5.41, 5.74) is 1.96. The molecule has 2 atom stereocenters. The van der Waals surface area contributed by atoms with Gasteiger partial charge in [0.2, 0.25) is 0 Å². The van der Waals surface area contributed by atoms with E-state index in [0.717, 1.165) is 17.7 Å². The Labute approximate surface area is 118 Å². The molecule has 108 valence electrons. The number of piperidine rings is 1. The fourth-order valence-electron chi connectivity index (χ4n) is 3.10. The van der Waals surface area contributed by atoms with Crippen LogP contribution < -0.4 is 4.90 Å². The van der Waals surface area contributed by atoms with Gasteiger partial charge in [0.05, 0.1) is 10.5 Å². The van der Waals surface area contributed by atoms with E-state index in [4.69, 9.17) is 5.11 Å². The Balaban J connectivity index is 1.80. The van der Waals surface area contributed by atoms with Crippen molar-refractivity contribution in [2.24, 2.45) is 0 Å². The largest absolute Gasteiger partial charge is 0.481 e. The van der Waals surface area contributed by atoms with Crippen LogP contribution in [0.2, 0.25) is 0 Å². The van der Waals surface area contributed by atoms with Gasteiger partial charge in [0.1, 0.15) is 0 Å². The van der Waals surface area contributed by atoms with Gasteiger partial charge >= 0.3 is 5.97 Å². The third-order valence-corrected chi connectivity index (χ3v) is 6.79. The van der Waals surface area contributed by atoms with E-state index in [1.807, 2.05) is 24.3 Å². The maximum absolute atomic E-state index is 11.8. The number of benzene rings is 1. The lowest BCUT2D eigenvalue weighted by Crippen LogP contribution is -2.62. The van der Waals surface area contributed by atoms with E-state index in [9.17, 15) is 13.2 Å². The maximum atomic E-state index is 11.8. The van der Waals surface area contributed by atoms with Gasteiger partial charge in [-0.15, -0.1) is 0 Å². The second kappa shape index (κ2) is 4.77. The summed E-state index contributed by atoms with van der Waals surface area (Å²) in [5, 5.41) is 8.32. The summed E-state index contributed by atoms with van der Waals surface area (Å²) in [4.78, 5) is 12.8. The van der Waals surface area contributed by atoms with Gasteiger partial charge in [0.15, 0.2) is 9.84 Å². The van der Waals surface area contributed by atoms with Gasteiger partial charge in [-0.05, 0) is 24.5 Å². The first-order valence-electron chi connectivity index (χ1n) is 6.76. The molecule has 4 rings (SSSR count). The molecule has 3 fully saturated rings. The first-order chi connectivity index (χ1) is 9.48. The molecule has 1 aromatic carbocycles. The zero-order chi connectivity index (χ0) is 14.3. The lowest BCUT2D eigenvalue weighted by molar-refractivity contribution is -0.136. The molecule has 1 N–H and O–H groups in total. The zero-order valence-corrected chi connectivity index (χ0v) is 11.8. The predicted octanol–water partition coefficient (Wildman–Crippen LogP) is 1.08. The van der Waals surface area contributed by atoms with Crippen LogP contribution in [0.4, 0.5) is 5.69 Å². The zero-order valence-electron chi connectivity index (χ0n) is 11.0. The van der Waals surface area contributed by atoms with Gasteiger partial charge in [-0.1, -0.05) is 18.2 Å². The number of aliphatic carboxylic acids is 1. The number of aryl methyl sites for hydroxylation is 1. The molecule has 2 bridgehead atoms. The summed E-state index contributed by atoms with van der Waals surface area (Å²) in [6, 6.07) is 7.68. The van der Waals surface area contributed by atoms with E-state index >= 15 is 0 Å². The number of hydrogen-bond donors (Lipinski definition) is 1. The molecular formula is C14H17NO4S. The van der Waals surface area contributed by atoms with Crippen molar-refractivity contribution >= 4 is 21.5 Å². The Hall–Kier alpha value is -1.56. The molecule has 0 saturated carbocycles. The molecule has 5 nitrogen and oxygen atoms in total. The minimum atomic E-state index is -2.88. The van der Waals surface area contributed by atoms with E-state index < -0.39 is 15.8 Å². The van der Waals surface area contributed by atoms with Gasteiger partial charge in [-0.2, -0.15) is 0 Å². The summed E-state index contributed by atoms with van der Waals surface area (Å²) >= 11 is 0. The molecule has 0 amide bonds. The second-order valence-electron chi connectivity index (χ2n) is 5.50. The number of carboxylic acid groups (broad SMARTS) is 1. The smallest absolute Gasteiger partial charge is 0.303 e. The fourth-order valence-corrected chi connectivity index (χ4v) is 5.07. The Morgan fingerprint density at radius 2 is 1.90 bits per heavy atom. The number of nitrogens with zero attached hydrogens (tertiary/aromatic N) is 1. The average Bonchev–Trinajstić information content (AvgIpc) is 2.45. The molecule has 1 aromatic rings. The average molecular weight is 295 g/mol. The van der Waals surface area contributed by atoms with Crippen molar-refractivity contribution in [3.63, 3.8) is 0 Å². The van der Waals surface area contributed by atoms with Crippen molar-refractivity contribution in [1.29, 1.82) is 0 Å². The Kier molecular flexibility index (Phi) is 3.20. The summed E-state index contributed by atoms with van der Waals surface area (Å²) in [6.07, 6.45) is 1.34. The van der Waals surface area contributed by atoms with Gasteiger partial charge in [0.25, 0.3) is 0 Å². The lowest BCUT2D eigenvalue weighted by Gasteiger charge is -2.47. The Morgan fingerprint density at radius 3 is 2.50 bits per heavy atom. The molecule has 20 heavy (non-hydrogen) atoms. The highest BCUT2D eigenvalue weighted by Crippen LogP contribution is 2.38. The number of sulfone groups is 1. The predicted molar refractivity (Wildman–Crippen MR) is 75.7 cm³/mol. The summed E-state index contributed by atoms with van der Waals surface area (Å²) in [7, 11) is -2.88. The number of anilines is 1. The summed E-state index contributed by atoms with van der Waals surface area (Å²) in [5.74, 6) is -0.816. The van der Waals surface area contributed by atoms with Gasteiger partial charge in [0, 0.05) is 25.2 Å². The Bertz CT molecular complexity index is 622. The highest BCUT2D eigenvalue weighted by atomic mass is 32.2. The molecule has 2 unspecified atom stereocenters. The topological polar surface area (TPSA) is 74.7 Å². The van der Waals surface area contributed by atoms with Crippen LogP contribution in [-0.2, 0) is 21.1 Å². The minimum Gasteiger partial charge on any atom is -0.481 e. The van der Waals surface area contributed by atoms with Crippen LogP contribution in [0.1, 0.15) is 18.4 Å². The third-order valence-electron chi connectivity index (χ3n) is 4.24. The van der Waals surface area contributed by atoms with Gasteiger partial charge < -0.3 is 10.0 Å². The highest BCUT2D eigenvalue weighted by molar-refractivity contribution is 7.94. The molecule has 0 spiro atoms. The molecule has 6 heteroatoms. The van der Waals surface area contributed by atoms with Crippen LogP contribution in [0.15, 0.2) is 24.3 Å². The number of fused-ring (bicyclic) bond motifs is 2. The third kappa shape index (κ3) is 2.18. The van der Waals surface area contributed by atoms with E-state index in [2.05, 4.69) is 4.90 Å². The maximum Gasteiger partial charge on any atom is 0.303 e. The van der Waals surface area contributed by atoms with Crippen molar-refractivity contribution in [1.82, 2.24) is 0 Å². The van der Waals surface area contributed by atoms with Crippen LogP contribution in [0.5, 0.6) is 0 Å². The van der Waals surface area contributed by atoms with E-state index in [0.29, 0.717) is 19.5 Å². The normalized spacial score (nSPS) is 26.9. The standard InChI is InChI=1S/C14H17NO4S/c16-14(17)6-5-10-3-1-2-4-13(10)15-8-11-7-12(9-15)20(11,18)19/h1-4,11-12H,5-9H2,(H,16,17). The van der Waals surface area contributed by atoms with Crippen LogP contribution in [0.3, 0.4) is 0 Å². The quantitative estimate of drug-likeness (QED) is 0.899. The van der Waals surface area contributed by atoms with Crippen molar-refractivity contribution < 1.29 is 18.3 Å². The Morgan fingerprint density at radius 1 is 1.25 bits per heavy atom. The van der Waals surface area contributed by atoms with Crippen molar-refractivity contribution in [3.05, 3.63) is 29.8 Å². The lowest BCUT2D eigenvalue weighted by atomic mass is 10.0. The van der Waals surface area contributed by atoms with Gasteiger partial charge in [-0.25, -0.2) is 8.42 Å². The first kappa shape index (κ1) is 13.4. The molecule has 0 aliphatic carbocycles. The monoisotopic (exact) mass is 295 g/mol. The second-order valence-corrected chi connectivity index (χ2v) is 8.01. The minimum absolute atomic E-state index is 0.0933. The summed E-state index contributed by atoms with van der Waals surface area (Å²) < 4.78 is 23.6. The van der Waals surface area contributed by atoms with Crippen LogP contribution >= 0.6 is 0 Å². The van der Waals surface area contributed by atoms with Crippen LogP contribution in [0.25, 0.3) is 0 Å². The fraction of sp³-hybridized carbons (Fsp3) is 0.500. The number of para-hydroxylation sites is 1. The highest BCUT2D eigenvalue weighted by Gasteiger charge is 2.51. The van der Waals surface area contributed by atoms with Gasteiger partial charge in [-0.3, -0.25) is 4.79 Å². The number of hydrogen-bond acceptors (Lipinski definition) is 4. The molecule has 3 aliphatic heterocycles. The van der Waals surface area contributed by atoms with Crippen LogP contribution in [-0.4, -0.2) is 43.1 Å². The summed E-state index contributed by atoms with van der Waals surface area (Å²) in [6.45, 7) is 1.06. The molecule has 3 heterocycles. The molecule has 0 aromatic heterocycles. The van der Waals surface area contributed by atoms with Crippen molar-refractivity contribution in [3.8, 4) is 0 Å². The molecule has 3 saturated heterocycles. The molecular weight excluding hydrogens is 278 g/mol. The van der Waals surface area contributed by atoms with Crippen molar-refractivity contribution in [2.75, 3.05) is 18.0 Å².